The first-order chi connectivity index (χ1) is 10.0. The van der Waals surface area contributed by atoms with Crippen LogP contribution < -0.4 is 10.1 Å². The fourth-order valence-electron chi connectivity index (χ4n) is 1.84. The van der Waals surface area contributed by atoms with Gasteiger partial charge in [-0.2, -0.15) is 0 Å². The maximum atomic E-state index is 12.2. The van der Waals surface area contributed by atoms with Crippen LogP contribution in [-0.2, 0) is 4.79 Å². The van der Waals surface area contributed by atoms with E-state index in [-0.39, 0.29) is 11.9 Å². The van der Waals surface area contributed by atoms with Crippen molar-refractivity contribution in [2.24, 2.45) is 0 Å². The van der Waals surface area contributed by atoms with E-state index in [1.807, 2.05) is 19.2 Å². The van der Waals surface area contributed by atoms with Crippen LogP contribution in [0.2, 0.25) is 0 Å². The fraction of sp³-hybridized carbons (Fsp3) is 0.333. The topological polar surface area (TPSA) is 51.2 Å². The van der Waals surface area contributed by atoms with Crippen LogP contribution in [0.5, 0.6) is 5.75 Å². The molecule has 6 heteroatoms. The van der Waals surface area contributed by atoms with E-state index in [0.717, 1.165) is 22.0 Å². The lowest BCUT2D eigenvalue weighted by atomic mass is 10.1. The average Bonchev–Trinajstić information content (AvgIpc) is 2.93. The molecule has 112 valence electrons. The van der Waals surface area contributed by atoms with Crippen LogP contribution >= 0.6 is 22.9 Å². The third-order valence-electron chi connectivity index (χ3n) is 3.00. The summed E-state index contributed by atoms with van der Waals surface area (Å²) < 4.78 is 5.08. The zero-order valence-corrected chi connectivity index (χ0v) is 13.7. The second kappa shape index (κ2) is 6.91. The molecule has 0 bridgehead atoms. The number of benzene rings is 1. The minimum absolute atomic E-state index is 0.157. The normalized spacial score (nSPS) is 13.5. The van der Waals surface area contributed by atoms with Crippen LogP contribution in [0.15, 0.2) is 29.6 Å². The highest BCUT2D eigenvalue weighted by Gasteiger charge is 2.21. The van der Waals surface area contributed by atoms with Crippen molar-refractivity contribution in [2.45, 2.75) is 25.3 Å². The molecule has 1 aromatic heterocycles. The first kappa shape index (κ1) is 15.8. The van der Waals surface area contributed by atoms with Crippen molar-refractivity contribution in [1.29, 1.82) is 0 Å². The summed E-state index contributed by atoms with van der Waals surface area (Å²) >= 11 is 7.75. The number of aromatic nitrogens is 1. The largest absolute Gasteiger partial charge is 0.497 e. The Balaban J connectivity index is 2.01. The second-order valence-electron chi connectivity index (χ2n) is 4.69. The van der Waals surface area contributed by atoms with Gasteiger partial charge in [-0.1, -0.05) is 12.1 Å². The van der Waals surface area contributed by atoms with Crippen LogP contribution in [0.4, 0.5) is 0 Å². The van der Waals surface area contributed by atoms with Gasteiger partial charge in [-0.25, -0.2) is 4.98 Å². The first-order valence-corrected chi connectivity index (χ1v) is 7.83. The molecule has 4 nitrogen and oxygen atoms in total. The van der Waals surface area contributed by atoms with Gasteiger partial charge >= 0.3 is 0 Å². The van der Waals surface area contributed by atoms with Crippen molar-refractivity contribution >= 4 is 28.8 Å². The number of carbonyl (C=O) groups is 1. The smallest absolute Gasteiger partial charge is 0.243 e. The molecule has 2 atom stereocenters. The molecule has 0 aliphatic heterocycles. The Labute approximate surface area is 133 Å². The van der Waals surface area contributed by atoms with E-state index < -0.39 is 5.38 Å². The Morgan fingerprint density at radius 1 is 1.38 bits per heavy atom. The number of methoxy groups -OCH3 is 1. The van der Waals surface area contributed by atoms with Gasteiger partial charge in [0.05, 0.1) is 13.2 Å². The average molecular weight is 325 g/mol. The monoisotopic (exact) mass is 324 g/mol. The lowest BCUT2D eigenvalue weighted by Gasteiger charge is -2.15. The van der Waals surface area contributed by atoms with Crippen LogP contribution in [0.25, 0.3) is 0 Å². The molecule has 1 heterocycles. The molecule has 2 rings (SSSR count). The Morgan fingerprint density at radius 2 is 2.05 bits per heavy atom. The van der Waals surface area contributed by atoms with Crippen LogP contribution in [-0.4, -0.2) is 18.0 Å². The number of alkyl halides is 1. The maximum Gasteiger partial charge on any atom is 0.243 e. The van der Waals surface area contributed by atoms with E-state index in [4.69, 9.17) is 16.3 Å². The Bertz CT molecular complexity index is 612. The van der Waals surface area contributed by atoms with Crippen LogP contribution in [0.1, 0.15) is 34.6 Å². The highest BCUT2D eigenvalue weighted by Crippen LogP contribution is 2.25. The Morgan fingerprint density at radius 3 is 2.57 bits per heavy atom. The molecule has 1 aromatic carbocycles. The van der Waals surface area contributed by atoms with Crippen LogP contribution in [0, 0.1) is 6.92 Å². The van der Waals surface area contributed by atoms with E-state index in [9.17, 15) is 4.79 Å². The standard InChI is InChI=1S/C15H17ClN2O2S/c1-9-8-21-15(17-9)10(2)18-14(19)13(16)11-4-6-12(20-3)7-5-11/h4-8,10,13H,1-3H3,(H,18,19). The van der Waals surface area contributed by atoms with Crippen molar-refractivity contribution in [3.63, 3.8) is 0 Å². The summed E-state index contributed by atoms with van der Waals surface area (Å²) in [6.45, 7) is 3.82. The highest BCUT2D eigenvalue weighted by atomic mass is 35.5. The van der Waals surface area contributed by atoms with E-state index in [1.54, 1.807) is 31.4 Å². The zero-order chi connectivity index (χ0) is 15.4. The summed E-state index contributed by atoms with van der Waals surface area (Å²) in [5, 5.41) is 4.98. The molecule has 0 fully saturated rings. The number of halogens is 1. The molecule has 21 heavy (non-hydrogen) atoms. The second-order valence-corrected chi connectivity index (χ2v) is 6.02. The van der Waals surface area contributed by atoms with Crippen molar-refractivity contribution in [3.05, 3.63) is 45.9 Å². The van der Waals surface area contributed by atoms with Crippen molar-refractivity contribution in [1.82, 2.24) is 10.3 Å². The van der Waals surface area contributed by atoms with Gasteiger partial charge in [0.25, 0.3) is 0 Å². The molecule has 2 aromatic rings. The molecule has 1 N–H and O–H groups in total. The highest BCUT2D eigenvalue weighted by molar-refractivity contribution is 7.09. The third-order valence-corrected chi connectivity index (χ3v) is 4.60. The molecule has 0 radical (unpaired) electrons. The van der Waals surface area contributed by atoms with Crippen LogP contribution in [0.3, 0.4) is 0 Å². The number of aryl methyl sites for hydroxylation is 1. The third kappa shape index (κ3) is 3.95. The number of carbonyl (C=O) groups excluding carboxylic acids is 1. The van der Waals surface area contributed by atoms with Gasteiger partial charge in [-0.3, -0.25) is 4.79 Å². The molecular weight excluding hydrogens is 308 g/mol. The number of nitrogens with one attached hydrogen (secondary N) is 1. The molecule has 0 saturated heterocycles. The van der Waals surface area contributed by atoms with Gasteiger partial charge in [0.1, 0.15) is 16.1 Å². The molecule has 0 aliphatic carbocycles. The summed E-state index contributed by atoms with van der Waals surface area (Å²) in [6, 6.07) is 6.98. The number of rotatable bonds is 5. The van der Waals surface area contributed by atoms with E-state index >= 15 is 0 Å². The minimum Gasteiger partial charge on any atom is -0.497 e. The molecule has 0 spiro atoms. The summed E-state index contributed by atoms with van der Waals surface area (Å²) in [4.78, 5) is 16.6. The predicted molar refractivity (Wildman–Crippen MR) is 85.0 cm³/mol. The minimum atomic E-state index is -0.737. The number of amides is 1. The number of thiazole rings is 1. The summed E-state index contributed by atoms with van der Waals surface area (Å²) in [5.41, 5.74) is 1.69. The predicted octanol–water partition coefficient (Wildman–Crippen LogP) is 3.62. The molecule has 1 amide bonds. The molecule has 0 aliphatic rings. The SMILES string of the molecule is COc1ccc(C(Cl)C(=O)NC(C)c2nc(C)cs2)cc1. The van der Waals surface area contributed by atoms with Crippen molar-refractivity contribution < 1.29 is 9.53 Å². The van der Waals surface area contributed by atoms with Crippen molar-refractivity contribution in [3.8, 4) is 5.75 Å². The summed E-state index contributed by atoms with van der Waals surface area (Å²) in [5.74, 6) is 0.497. The number of hydrogen-bond acceptors (Lipinski definition) is 4. The van der Waals surface area contributed by atoms with Gasteiger partial charge in [0, 0.05) is 11.1 Å². The fourth-order valence-corrected chi connectivity index (χ4v) is 2.86. The van der Waals surface area contributed by atoms with Gasteiger partial charge in [-0.15, -0.1) is 22.9 Å². The number of nitrogens with zero attached hydrogens (tertiary/aromatic N) is 1. The van der Waals surface area contributed by atoms with E-state index in [0.29, 0.717) is 0 Å². The maximum absolute atomic E-state index is 12.2. The number of ether oxygens (including phenoxy) is 1. The molecule has 2 unspecified atom stereocenters. The first-order valence-electron chi connectivity index (χ1n) is 6.51. The Hall–Kier alpha value is -1.59. The Kier molecular flexibility index (Phi) is 5.20. The van der Waals surface area contributed by atoms with Gasteiger partial charge < -0.3 is 10.1 Å². The number of hydrogen-bond donors (Lipinski definition) is 1. The van der Waals surface area contributed by atoms with Gasteiger partial charge in [-0.05, 0) is 31.5 Å². The van der Waals surface area contributed by atoms with Gasteiger partial charge in [0.2, 0.25) is 5.91 Å². The van der Waals surface area contributed by atoms with E-state index in [1.165, 1.54) is 11.3 Å². The lowest BCUT2D eigenvalue weighted by Crippen LogP contribution is -2.29. The summed E-state index contributed by atoms with van der Waals surface area (Å²) in [6.07, 6.45) is 0. The zero-order valence-electron chi connectivity index (χ0n) is 12.1. The van der Waals surface area contributed by atoms with E-state index in [2.05, 4.69) is 10.3 Å². The van der Waals surface area contributed by atoms with Crippen molar-refractivity contribution in [2.75, 3.05) is 7.11 Å². The quantitative estimate of drug-likeness (QED) is 0.855. The van der Waals surface area contributed by atoms with Gasteiger partial charge in [0.15, 0.2) is 0 Å². The lowest BCUT2D eigenvalue weighted by molar-refractivity contribution is -0.121. The molecular formula is C15H17ClN2O2S. The molecule has 0 saturated carbocycles. The summed E-state index contributed by atoms with van der Waals surface area (Å²) in [7, 11) is 1.59.